The van der Waals surface area contributed by atoms with Crippen molar-refractivity contribution in [2.75, 3.05) is 5.32 Å². The maximum Gasteiger partial charge on any atom is 0.387 e. The SMILES string of the molecule is Cc1cc(OC(F)F)ccc1NC(=O)N[C@@H](C)c1nncn1C1CCCC1. The summed E-state index contributed by atoms with van der Waals surface area (Å²) in [4.78, 5) is 12.3. The Labute approximate surface area is 156 Å². The molecule has 1 heterocycles. The monoisotopic (exact) mass is 379 g/mol. The maximum atomic E-state index is 12.3. The summed E-state index contributed by atoms with van der Waals surface area (Å²) >= 11 is 0. The highest BCUT2D eigenvalue weighted by Crippen LogP contribution is 2.31. The number of ether oxygens (including phenoxy) is 1. The van der Waals surface area contributed by atoms with Gasteiger partial charge in [0.05, 0.1) is 6.04 Å². The van der Waals surface area contributed by atoms with Crippen LogP contribution in [0, 0.1) is 6.92 Å². The van der Waals surface area contributed by atoms with E-state index in [2.05, 4.69) is 25.6 Å². The molecule has 0 spiro atoms. The van der Waals surface area contributed by atoms with E-state index in [9.17, 15) is 13.6 Å². The van der Waals surface area contributed by atoms with Gasteiger partial charge in [0.25, 0.3) is 0 Å². The lowest BCUT2D eigenvalue weighted by Gasteiger charge is -2.19. The van der Waals surface area contributed by atoms with Gasteiger partial charge in [0, 0.05) is 11.7 Å². The van der Waals surface area contributed by atoms with E-state index >= 15 is 0 Å². The zero-order chi connectivity index (χ0) is 19.4. The summed E-state index contributed by atoms with van der Waals surface area (Å²) in [5.41, 5.74) is 1.13. The topological polar surface area (TPSA) is 81.1 Å². The molecule has 27 heavy (non-hydrogen) atoms. The first kappa shape index (κ1) is 19.1. The molecule has 1 aromatic heterocycles. The van der Waals surface area contributed by atoms with Crippen LogP contribution in [0.25, 0.3) is 0 Å². The van der Waals surface area contributed by atoms with Crippen LogP contribution in [0.5, 0.6) is 5.75 Å². The van der Waals surface area contributed by atoms with Gasteiger partial charge in [0.2, 0.25) is 0 Å². The summed E-state index contributed by atoms with van der Waals surface area (Å²) < 4.78 is 30.9. The number of aryl methyl sites for hydroxylation is 1. The largest absolute Gasteiger partial charge is 0.435 e. The average molecular weight is 379 g/mol. The molecule has 2 amide bonds. The van der Waals surface area contributed by atoms with Crippen LogP contribution in [-0.4, -0.2) is 27.4 Å². The fourth-order valence-electron chi connectivity index (χ4n) is 3.40. The number of carbonyl (C=O) groups is 1. The molecule has 0 bridgehead atoms. The number of nitrogens with zero attached hydrogens (tertiary/aromatic N) is 3. The quantitative estimate of drug-likeness (QED) is 0.789. The number of aromatic nitrogens is 3. The number of anilines is 1. The van der Waals surface area contributed by atoms with E-state index in [1.165, 1.54) is 31.0 Å². The molecular formula is C18H23F2N5O2. The van der Waals surface area contributed by atoms with Crippen LogP contribution in [0.2, 0.25) is 0 Å². The molecule has 146 valence electrons. The van der Waals surface area contributed by atoms with Crippen LogP contribution in [0.1, 0.15) is 56.1 Å². The van der Waals surface area contributed by atoms with Gasteiger partial charge in [0.1, 0.15) is 12.1 Å². The molecule has 7 nitrogen and oxygen atoms in total. The van der Waals surface area contributed by atoms with E-state index in [0.717, 1.165) is 18.7 Å². The smallest absolute Gasteiger partial charge is 0.387 e. The number of carbonyl (C=O) groups excluding carboxylic acids is 1. The minimum atomic E-state index is -2.88. The molecule has 0 unspecified atom stereocenters. The third-order valence-electron chi connectivity index (χ3n) is 4.73. The minimum Gasteiger partial charge on any atom is -0.435 e. The van der Waals surface area contributed by atoms with Crippen molar-refractivity contribution in [1.29, 1.82) is 0 Å². The van der Waals surface area contributed by atoms with Crippen LogP contribution < -0.4 is 15.4 Å². The predicted octanol–water partition coefficient (Wildman–Crippen LogP) is 4.19. The second kappa shape index (κ2) is 8.32. The van der Waals surface area contributed by atoms with Crippen LogP contribution in [0.15, 0.2) is 24.5 Å². The Balaban J connectivity index is 1.62. The molecular weight excluding hydrogens is 356 g/mol. The van der Waals surface area contributed by atoms with Crippen molar-refractivity contribution in [2.24, 2.45) is 0 Å². The molecule has 9 heteroatoms. The van der Waals surface area contributed by atoms with E-state index in [-0.39, 0.29) is 11.8 Å². The fraction of sp³-hybridized carbons (Fsp3) is 0.500. The van der Waals surface area contributed by atoms with E-state index < -0.39 is 12.6 Å². The molecule has 1 aromatic carbocycles. The van der Waals surface area contributed by atoms with Gasteiger partial charge in [0.15, 0.2) is 5.82 Å². The van der Waals surface area contributed by atoms with Gasteiger partial charge in [-0.25, -0.2) is 4.79 Å². The van der Waals surface area contributed by atoms with Gasteiger partial charge >= 0.3 is 12.6 Å². The van der Waals surface area contributed by atoms with Gasteiger partial charge in [-0.15, -0.1) is 10.2 Å². The molecule has 0 radical (unpaired) electrons. The maximum absolute atomic E-state index is 12.3. The lowest BCUT2D eigenvalue weighted by atomic mass is 10.2. The van der Waals surface area contributed by atoms with Crippen LogP contribution >= 0.6 is 0 Å². The number of halogens is 2. The van der Waals surface area contributed by atoms with Gasteiger partial charge in [-0.05, 0) is 50.5 Å². The summed E-state index contributed by atoms with van der Waals surface area (Å²) in [6, 6.07) is 4.01. The zero-order valence-corrected chi connectivity index (χ0v) is 15.3. The number of nitrogens with one attached hydrogen (secondary N) is 2. The van der Waals surface area contributed by atoms with Crippen molar-refractivity contribution in [3.8, 4) is 5.75 Å². The molecule has 2 aromatic rings. The second-order valence-electron chi connectivity index (χ2n) is 6.71. The highest BCUT2D eigenvalue weighted by atomic mass is 19.3. The molecule has 1 aliphatic rings. The number of amides is 2. The minimum absolute atomic E-state index is 0.0477. The Morgan fingerprint density at radius 1 is 1.33 bits per heavy atom. The first-order valence-corrected chi connectivity index (χ1v) is 8.96. The zero-order valence-electron chi connectivity index (χ0n) is 15.3. The molecule has 0 saturated heterocycles. The van der Waals surface area contributed by atoms with Crippen LogP contribution in [0.3, 0.4) is 0 Å². The lowest BCUT2D eigenvalue weighted by Crippen LogP contribution is -2.33. The molecule has 0 aliphatic heterocycles. The van der Waals surface area contributed by atoms with E-state index in [1.54, 1.807) is 13.3 Å². The van der Waals surface area contributed by atoms with Crippen molar-refractivity contribution in [1.82, 2.24) is 20.1 Å². The standard InChI is InChI=1S/C18H23F2N5O2/c1-11-9-14(27-17(19)20)7-8-15(11)23-18(26)22-12(2)16-24-21-10-25(16)13-5-3-4-6-13/h7-10,12-13,17H,3-6H2,1-2H3,(H2,22,23,26)/t12-/m0/s1. The number of hydrogen-bond donors (Lipinski definition) is 2. The Kier molecular flexibility index (Phi) is 5.88. The van der Waals surface area contributed by atoms with Crippen molar-refractivity contribution >= 4 is 11.7 Å². The summed E-state index contributed by atoms with van der Waals surface area (Å²) in [5, 5.41) is 13.7. The van der Waals surface area contributed by atoms with E-state index in [4.69, 9.17) is 0 Å². The molecule has 2 N–H and O–H groups in total. The van der Waals surface area contributed by atoms with Crippen LogP contribution in [0.4, 0.5) is 19.3 Å². The highest BCUT2D eigenvalue weighted by molar-refractivity contribution is 5.90. The molecule has 1 aliphatic carbocycles. The molecule has 1 atom stereocenters. The summed E-state index contributed by atoms with van der Waals surface area (Å²) in [6.45, 7) is 0.667. The second-order valence-corrected chi connectivity index (χ2v) is 6.71. The molecule has 1 fully saturated rings. The first-order chi connectivity index (χ1) is 12.9. The first-order valence-electron chi connectivity index (χ1n) is 8.96. The summed E-state index contributed by atoms with van der Waals surface area (Å²) in [7, 11) is 0. The fourth-order valence-corrected chi connectivity index (χ4v) is 3.40. The van der Waals surface area contributed by atoms with Crippen molar-refractivity contribution < 1.29 is 18.3 Å². The summed E-state index contributed by atoms with van der Waals surface area (Å²) in [6.07, 6.45) is 6.28. The van der Waals surface area contributed by atoms with Crippen molar-refractivity contribution in [2.45, 2.75) is 58.2 Å². The van der Waals surface area contributed by atoms with Gasteiger partial charge in [-0.2, -0.15) is 8.78 Å². The molecule has 1 saturated carbocycles. The van der Waals surface area contributed by atoms with Gasteiger partial charge in [-0.3, -0.25) is 0 Å². The lowest BCUT2D eigenvalue weighted by molar-refractivity contribution is -0.0498. The van der Waals surface area contributed by atoms with Gasteiger partial charge < -0.3 is 19.9 Å². The number of alkyl halides is 2. The van der Waals surface area contributed by atoms with E-state index in [1.807, 2.05) is 11.5 Å². The molecule has 3 rings (SSSR count). The van der Waals surface area contributed by atoms with Crippen molar-refractivity contribution in [3.05, 3.63) is 35.9 Å². The Hall–Kier alpha value is -2.71. The number of benzene rings is 1. The number of rotatable bonds is 6. The number of urea groups is 1. The Morgan fingerprint density at radius 2 is 2.07 bits per heavy atom. The summed E-state index contributed by atoms with van der Waals surface area (Å²) in [5.74, 6) is 0.765. The number of hydrogen-bond acceptors (Lipinski definition) is 4. The van der Waals surface area contributed by atoms with Gasteiger partial charge in [-0.1, -0.05) is 12.8 Å². The van der Waals surface area contributed by atoms with Crippen molar-refractivity contribution in [3.63, 3.8) is 0 Å². The highest BCUT2D eigenvalue weighted by Gasteiger charge is 2.23. The Morgan fingerprint density at radius 3 is 2.74 bits per heavy atom. The van der Waals surface area contributed by atoms with E-state index in [0.29, 0.717) is 17.3 Å². The van der Waals surface area contributed by atoms with Crippen LogP contribution in [-0.2, 0) is 0 Å². The third-order valence-corrected chi connectivity index (χ3v) is 4.73. The predicted molar refractivity (Wildman–Crippen MR) is 95.9 cm³/mol. The third kappa shape index (κ3) is 4.72. The normalized spacial score (nSPS) is 15.7. The Bertz CT molecular complexity index is 790. The average Bonchev–Trinajstić information content (AvgIpc) is 3.27.